The van der Waals surface area contributed by atoms with Crippen LogP contribution in [0.1, 0.15) is 42.4 Å². The van der Waals surface area contributed by atoms with Gasteiger partial charge in [-0.3, -0.25) is 4.79 Å². The maximum atomic E-state index is 12.1. The summed E-state index contributed by atoms with van der Waals surface area (Å²) < 4.78 is 0. The minimum absolute atomic E-state index is 0. The van der Waals surface area contributed by atoms with E-state index in [4.69, 9.17) is 0 Å². The highest BCUT2D eigenvalue weighted by Gasteiger charge is 2.15. The number of hydrogen-bond donors (Lipinski definition) is 2. The van der Waals surface area contributed by atoms with Crippen molar-refractivity contribution in [3.8, 4) is 0 Å². The molecule has 1 aromatic carbocycles. The molecule has 1 saturated heterocycles. The van der Waals surface area contributed by atoms with Crippen molar-refractivity contribution in [1.29, 1.82) is 0 Å². The first-order valence-electron chi connectivity index (χ1n) is 7.64. The largest absolute Gasteiger partial charge is 0.326 e. The Morgan fingerprint density at radius 3 is 2.33 bits per heavy atom. The van der Waals surface area contributed by atoms with Crippen molar-refractivity contribution in [2.75, 3.05) is 18.4 Å². The van der Waals surface area contributed by atoms with Crippen molar-refractivity contribution >= 4 is 24.0 Å². The molecule has 1 fully saturated rings. The van der Waals surface area contributed by atoms with Gasteiger partial charge in [0.05, 0.1) is 0 Å². The fourth-order valence-corrected chi connectivity index (χ4v) is 3.08. The van der Waals surface area contributed by atoms with E-state index in [1.807, 2.05) is 0 Å². The van der Waals surface area contributed by atoms with Crippen LogP contribution >= 0.6 is 12.4 Å². The van der Waals surface area contributed by atoms with Crippen LogP contribution in [0.4, 0.5) is 5.69 Å². The zero-order valence-electron chi connectivity index (χ0n) is 13.3. The lowest BCUT2D eigenvalue weighted by atomic mass is 9.93. The molecule has 1 aliphatic heterocycles. The lowest BCUT2D eigenvalue weighted by molar-refractivity contribution is -0.116. The average molecular weight is 311 g/mol. The number of nitrogens with one attached hydrogen (secondary N) is 2. The molecular formula is C17H27ClN2O. The van der Waals surface area contributed by atoms with Gasteiger partial charge in [0.2, 0.25) is 5.91 Å². The summed E-state index contributed by atoms with van der Waals surface area (Å²) in [6, 6.07) is 4.24. The highest BCUT2D eigenvalue weighted by molar-refractivity contribution is 5.92. The summed E-state index contributed by atoms with van der Waals surface area (Å²) >= 11 is 0. The summed E-state index contributed by atoms with van der Waals surface area (Å²) in [5, 5.41) is 6.45. The Morgan fingerprint density at radius 1 is 1.19 bits per heavy atom. The van der Waals surface area contributed by atoms with Gasteiger partial charge in [0.1, 0.15) is 0 Å². The first-order chi connectivity index (χ1) is 9.56. The minimum Gasteiger partial charge on any atom is -0.326 e. The zero-order chi connectivity index (χ0) is 14.5. The highest BCUT2D eigenvalue weighted by Crippen LogP contribution is 2.23. The third kappa shape index (κ3) is 5.33. The molecule has 2 N–H and O–H groups in total. The Morgan fingerprint density at radius 2 is 1.76 bits per heavy atom. The number of hydrogen-bond acceptors (Lipinski definition) is 2. The number of benzene rings is 1. The summed E-state index contributed by atoms with van der Waals surface area (Å²) in [7, 11) is 0. The number of aryl methyl sites for hydroxylation is 3. The number of amides is 1. The highest BCUT2D eigenvalue weighted by atomic mass is 35.5. The van der Waals surface area contributed by atoms with E-state index in [1.165, 1.54) is 18.4 Å². The summed E-state index contributed by atoms with van der Waals surface area (Å²) in [5.41, 5.74) is 4.54. The summed E-state index contributed by atoms with van der Waals surface area (Å²) in [4.78, 5) is 12.1. The van der Waals surface area contributed by atoms with E-state index in [0.29, 0.717) is 12.3 Å². The summed E-state index contributed by atoms with van der Waals surface area (Å²) in [6.07, 6.45) is 4.06. The third-order valence-electron chi connectivity index (χ3n) is 4.18. The Bertz CT molecular complexity index is 459. The van der Waals surface area contributed by atoms with Gasteiger partial charge in [-0.1, -0.05) is 17.7 Å². The number of carbonyl (C=O) groups excluding carboxylic acids is 1. The maximum absolute atomic E-state index is 12.1. The fourth-order valence-electron chi connectivity index (χ4n) is 3.08. The summed E-state index contributed by atoms with van der Waals surface area (Å²) in [6.45, 7) is 8.40. The third-order valence-corrected chi connectivity index (χ3v) is 4.18. The molecule has 3 nitrogen and oxygen atoms in total. The van der Waals surface area contributed by atoms with Crippen LogP contribution in [0.25, 0.3) is 0 Å². The maximum Gasteiger partial charge on any atom is 0.224 e. The molecule has 0 bridgehead atoms. The van der Waals surface area contributed by atoms with Crippen LogP contribution in [0.3, 0.4) is 0 Å². The molecule has 1 heterocycles. The second-order valence-corrected chi connectivity index (χ2v) is 6.05. The molecule has 0 unspecified atom stereocenters. The number of carbonyl (C=O) groups is 1. The Balaban J connectivity index is 0.00000220. The van der Waals surface area contributed by atoms with Crippen molar-refractivity contribution in [2.45, 2.75) is 46.5 Å². The van der Waals surface area contributed by atoms with Crippen LogP contribution in [-0.2, 0) is 4.79 Å². The average Bonchev–Trinajstić information content (AvgIpc) is 2.42. The smallest absolute Gasteiger partial charge is 0.224 e. The van der Waals surface area contributed by atoms with Crippen molar-refractivity contribution in [1.82, 2.24) is 5.32 Å². The lowest BCUT2D eigenvalue weighted by Gasteiger charge is -2.22. The topological polar surface area (TPSA) is 41.1 Å². The van der Waals surface area contributed by atoms with Gasteiger partial charge < -0.3 is 10.6 Å². The van der Waals surface area contributed by atoms with E-state index in [-0.39, 0.29) is 18.3 Å². The molecule has 21 heavy (non-hydrogen) atoms. The monoisotopic (exact) mass is 310 g/mol. The molecule has 0 saturated carbocycles. The molecule has 0 spiro atoms. The van der Waals surface area contributed by atoms with Crippen LogP contribution in [0.15, 0.2) is 12.1 Å². The lowest BCUT2D eigenvalue weighted by Crippen LogP contribution is -2.28. The molecular weight excluding hydrogens is 284 g/mol. The molecule has 118 valence electrons. The first kappa shape index (κ1) is 18.0. The molecule has 2 rings (SSSR count). The van der Waals surface area contributed by atoms with Gasteiger partial charge in [-0.15, -0.1) is 12.4 Å². The van der Waals surface area contributed by atoms with Gasteiger partial charge in [-0.05, 0) is 70.2 Å². The van der Waals surface area contributed by atoms with Crippen molar-refractivity contribution < 1.29 is 4.79 Å². The molecule has 0 aliphatic carbocycles. The molecule has 0 atom stereocenters. The van der Waals surface area contributed by atoms with E-state index in [2.05, 4.69) is 43.5 Å². The van der Waals surface area contributed by atoms with Crippen LogP contribution in [0, 0.1) is 26.7 Å². The molecule has 1 aliphatic rings. The van der Waals surface area contributed by atoms with Crippen LogP contribution in [0.5, 0.6) is 0 Å². The predicted octanol–water partition coefficient (Wildman–Crippen LogP) is 3.75. The normalized spacial score (nSPS) is 15.4. The van der Waals surface area contributed by atoms with E-state index < -0.39 is 0 Å². The van der Waals surface area contributed by atoms with E-state index in [9.17, 15) is 4.79 Å². The number of rotatable bonds is 4. The van der Waals surface area contributed by atoms with Gasteiger partial charge in [0, 0.05) is 12.1 Å². The predicted molar refractivity (Wildman–Crippen MR) is 91.4 cm³/mol. The van der Waals surface area contributed by atoms with Crippen LogP contribution in [0.2, 0.25) is 0 Å². The SMILES string of the molecule is Cc1cc(C)c(NC(=O)CCC2CCNCC2)c(C)c1.Cl. The van der Waals surface area contributed by atoms with Gasteiger partial charge in [-0.25, -0.2) is 0 Å². The van der Waals surface area contributed by atoms with Crippen LogP contribution < -0.4 is 10.6 Å². The van der Waals surface area contributed by atoms with Crippen molar-refractivity contribution in [2.24, 2.45) is 5.92 Å². The zero-order valence-corrected chi connectivity index (χ0v) is 14.1. The minimum atomic E-state index is 0. The molecule has 1 amide bonds. The summed E-state index contributed by atoms with van der Waals surface area (Å²) in [5.74, 6) is 0.862. The molecule has 4 heteroatoms. The standard InChI is InChI=1S/C17H26N2O.ClH/c1-12-10-13(2)17(14(3)11-12)19-16(20)5-4-15-6-8-18-9-7-15;/h10-11,15,18H,4-9H2,1-3H3,(H,19,20);1H. The van der Waals surface area contributed by atoms with E-state index in [0.717, 1.165) is 36.3 Å². The second kappa shape index (κ2) is 8.40. The number of piperidine rings is 1. The van der Waals surface area contributed by atoms with Gasteiger partial charge in [0.25, 0.3) is 0 Å². The first-order valence-corrected chi connectivity index (χ1v) is 7.64. The van der Waals surface area contributed by atoms with Gasteiger partial charge >= 0.3 is 0 Å². The van der Waals surface area contributed by atoms with Crippen LogP contribution in [-0.4, -0.2) is 19.0 Å². The Labute approximate surface area is 134 Å². The molecule has 0 aromatic heterocycles. The van der Waals surface area contributed by atoms with Crippen molar-refractivity contribution in [3.05, 3.63) is 28.8 Å². The van der Waals surface area contributed by atoms with Gasteiger partial charge in [0.15, 0.2) is 0 Å². The fraction of sp³-hybridized carbons (Fsp3) is 0.588. The van der Waals surface area contributed by atoms with Gasteiger partial charge in [-0.2, -0.15) is 0 Å². The number of anilines is 1. The quantitative estimate of drug-likeness (QED) is 0.889. The number of halogens is 1. The van der Waals surface area contributed by atoms with Crippen molar-refractivity contribution in [3.63, 3.8) is 0 Å². The Hall–Kier alpha value is -1.06. The van der Waals surface area contributed by atoms with E-state index >= 15 is 0 Å². The second-order valence-electron chi connectivity index (χ2n) is 6.05. The molecule has 0 radical (unpaired) electrons. The Kier molecular flexibility index (Phi) is 7.20. The van der Waals surface area contributed by atoms with E-state index in [1.54, 1.807) is 0 Å². The molecule has 1 aromatic rings.